The number of hydrogen-bond donors (Lipinski definition) is 0. The van der Waals surface area contributed by atoms with Gasteiger partial charge in [-0.2, -0.15) is 0 Å². The third-order valence-corrected chi connectivity index (χ3v) is 3.35. The van der Waals surface area contributed by atoms with E-state index in [2.05, 4.69) is 34.3 Å². The first kappa shape index (κ1) is 20.0. The lowest BCUT2D eigenvalue weighted by Gasteiger charge is -2.42. The van der Waals surface area contributed by atoms with Gasteiger partial charge in [0.2, 0.25) is 6.23 Å². The molecule has 0 bridgehead atoms. The van der Waals surface area contributed by atoms with Crippen molar-refractivity contribution in [1.29, 1.82) is 0 Å². The quantitative estimate of drug-likeness (QED) is 0.261. The van der Waals surface area contributed by atoms with Crippen LogP contribution in [0.1, 0.15) is 47.0 Å². The third-order valence-electron chi connectivity index (χ3n) is 3.35. The van der Waals surface area contributed by atoms with Crippen LogP contribution in [0.15, 0.2) is 12.7 Å². The summed E-state index contributed by atoms with van der Waals surface area (Å²) in [4.78, 5) is 11.4. The number of hydrogen-bond acceptors (Lipinski definition) is 2. The van der Waals surface area contributed by atoms with Gasteiger partial charge in [0.15, 0.2) is 0 Å². The van der Waals surface area contributed by atoms with Gasteiger partial charge in [0.25, 0.3) is 0 Å². The lowest BCUT2D eigenvalue weighted by Crippen LogP contribution is -3.00. The second-order valence-electron chi connectivity index (χ2n) is 4.49. The maximum atomic E-state index is 11.4. The van der Waals surface area contributed by atoms with Crippen LogP contribution >= 0.6 is 0 Å². The number of carbonyl (C=O) groups is 1. The number of carbonyl (C=O) groups excluding carboxylic acids is 1. The summed E-state index contributed by atoms with van der Waals surface area (Å²) in [5, 5.41) is 0. The van der Waals surface area contributed by atoms with E-state index in [1.807, 2.05) is 0 Å². The highest BCUT2D eigenvalue weighted by molar-refractivity contribution is 5.81. The fraction of sp³-hybridized carbons (Fsp3) is 0.786. The Morgan fingerprint density at radius 3 is 2.00 bits per heavy atom. The molecule has 0 amide bonds. The average molecular weight is 322 g/mol. The smallest absolute Gasteiger partial charge is 0.334 e. The standard InChI is InChI=1S/C14H28NO2.BrH/c1-6-11-15(10-5,12-7-2)13(8-3)17-14(16)9-4;/h9,13H,4,6-8,10-12H2,1-3,5H3;1H/q+1;/p-1. The van der Waals surface area contributed by atoms with Gasteiger partial charge in [0, 0.05) is 12.5 Å². The predicted molar refractivity (Wildman–Crippen MR) is 71.5 cm³/mol. The summed E-state index contributed by atoms with van der Waals surface area (Å²) in [6.45, 7) is 15.2. The molecule has 1 unspecified atom stereocenters. The van der Waals surface area contributed by atoms with Crippen LogP contribution in [-0.4, -0.2) is 36.3 Å². The second kappa shape index (κ2) is 10.6. The van der Waals surface area contributed by atoms with Crippen molar-refractivity contribution in [1.82, 2.24) is 0 Å². The summed E-state index contributed by atoms with van der Waals surface area (Å²) in [6.07, 6.45) is 4.29. The maximum absolute atomic E-state index is 11.4. The van der Waals surface area contributed by atoms with Crippen LogP contribution in [0.4, 0.5) is 0 Å². The minimum atomic E-state index is -0.306. The molecule has 0 aliphatic rings. The summed E-state index contributed by atoms with van der Waals surface area (Å²) >= 11 is 0. The molecule has 0 saturated heterocycles. The zero-order valence-corrected chi connectivity index (χ0v) is 13.8. The SMILES string of the molecule is C=CC(=O)OC(CC)[N+](CC)(CCC)CCC.[Br-]. The Balaban J connectivity index is 0. The monoisotopic (exact) mass is 321 g/mol. The fourth-order valence-corrected chi connectivity index (χ4v) is 2.57. The van der Waals surface area contributed by atoms with Crippen molar-refractivity contribution < 1.29 is 31.0 Å². The van der Waals surface area contributed by atoms with E-state index in [4.69, 9.17) is 4.74 Å². The van der Waals surface area contributed by atoms with E-state index in [1.165, 1.54) is 6.08 Å². The van der Waals surface area contributed by atoms with Crippen molar-refractivity contribution in [3.8, 4) is 0 Å². The minimum absolute atomic E-state index is 0. The molecule has 0 aromatic carbocycles. The zero-order chi connectivity index (χ0) is 13.3. The Bertz CT molecular complexity index is 238. The first-order valence-corrected chi connectivity index (χ1v) is 6.78. The summed E-state index contributed by atoms with van der Waals surface area (Å²) in [5.41, 5.74) is 0. The number of halogens is 1. The number of nitrogens with zero attached hydrogens (tertiary/aromatic N) is 1. The molecule has 0 N–H and O–H groups in total. The molecule has 0 saturated carbocycles. The molecule has 0 aromatic heterocycles. The molecule has 0 rings (SSSR count). The van der Waals surface area contributed by atoms with Gasteiger partial charge in [-0.25, -0.2) is 4.79 Å². The van der Waals surface area contributed by atoms with Crippen molar-refractivity contribution in [2.24, 2.45) is 0 Å². The maximum Gasteiger partial charge on any atom is 0.334 e. The Hall–Kier alpha value is -0.350. The second-order valence-corrected chi connectivity index (χ2v) is 4.49. The highest BCUT2D eigenvalue weighted by Gasteiger charge is 2.35. The topological polar surface area (TPSA) is 26.3 Å². The van der Waals surface area contributed by atoms with E-state index in [1.54, 1.807) is 0 Å². The molecule has 18 heavy (non-hydrogen) atoms. The normalized spacial score (nSPS) is 12.4. The molecule has 1 atom stereocenters. The Kier molecular flexibility index (Phi) is 11.7. The lowest BCUT2D eigenvalue weighted by atomic mass is 10.2. The molecule has 3 nitrogen and oxygen atoms in total. The first-order valence-electron chi connectivity index (χ1n) is 6.78. The number of esters is 1. The molecule has 0 aromatic rings. The number of rotatable bonds is 9. The van der Waals surface area contributed by atoms with E-state index in [-0.39, 0.29) is 29.2 Å². The molecule has 0 spiro atoms. The summed E-state index contributed by atoms with van der Waals surface area (Å²) in [7, 11) is 0. The summed E-state index contributed by atoms with van der Waals surface area (Å²) < 4.78 is 6.40. The van der Waals surface area contributed by atoms with Gasteiger partial charge in [-0.15, -0.1) is 0 Å². The summed E-state index contributed by atoms with van der Waals surface area (Å²) in [6, 6.07) is 0. The van der Waals surface area contributed by atoms with Crippen molar-refractivity contribution in [2.45, 2.75) is 53.2 Å². The van der Waals surface area contributed by atoms with Gasteiger partial charge in [-0.05, 0) is 19.8 Å². The predicted octanol–water partition coefficient (Wildman–Crippen LogP) is 0.112. The highest BCUT2D eigenvalue weighted by Crippen LogP contribution is 2.20. The van der Waals surface area contributed by atoms with Gasteiger partial charge in [-0.1, -0.05) is 27.4 Å². The van der Waals surface area contributed by atoms with E-state index in [0.29, 0.717) is 0 Å². The van der Waals surface area contributed by atoms with Crippen LogP contribution in [-0.2, 0) is 9.53 Å². The Morgan fingerprint density at radius 1 is 1.22 bits per heavy atom. The van der Waals surface area contributed by atoms with Crippen LogP contribution in [0.25, 0.3) is 0 Å². The van der Waals surface area contributed by atoms with Gasteiger partial charge in [0.05, 0.1) is 19.6 Å². The molecule has 0 heterocycles. The largest absolute Gasteiger partial charge is 1.00 e. The molecule has 108 valence electrons. The van der Waals surface area contributed by atoms with E-state index in [9.17, 15) is 4.79 Å². The van der Waals surface area contributed by atoms with Crippen LogP contribution in [0.2, 0.25) is 0 Å². The number of quaternary nitrogens is 1. The van der Waals surface area contributed by atoms with Crippen molar-refractivity contribution in [2.75, 3.05) is 19.6 Å². The highest BCUT2D eigenvalue weighted by atomic mass is 79.9. The summed E-state index contributed by atoms with van der Waals surface area (Å²) in [5.74, 6) is -0.306. The van der Waals surface area contributed by atoms with Crippen LogP contribution in [0.5, 0.6) is 0 Å². The Labute approximate surface area is 123 Å². The Morgan fingerprint density at radius 2 is 1.72 bits per heavy atom. The molecular formula is C14H28BrNO2. The van der Waals surface area contributed by atoms with Gasteiger partial charge < -0.3 is 21.7 Å². The lowest BCUT2D eigenvalue weighted by molar-refractivity contribution is -0.968. The van der Waals surface area contributed by atoms with E-state index >= 15 is 0 Å². The minimum Gasteiger partial charge on any atom is -1.00 e. The molecule has 0 aliphatic heterocycles. The van der Waals surface area contributed by atoms with Crippen molar-refractivity contribution in [3.63, 3.8) is 0 Å². The molecular weight excluding hydrogens is 294 g/mol. The van der Waals surface area contributed by atoms with Crippen LogP contribution < -0.4 is 17.0 Å². The number of ether oxygens (including phenoxy) is 1. The van der Waals surface area contributed by atoms with Crippen LogP contribution in [0, 0.1) is 0 Å². The molecule has 0 radical (unpaired) electrons. The van der Waals surface area contributed by atoms with Gasteiger partial charge >= 0.3 is 5.97 Å². The zero-order valence-electron chi connectivity index (χ0n) is 12.2. The fourth-order valence-electron chi connectivity index (χ4n) is 2.57. The van der Waals surface area contributed by atoms with Crippen molar-refractivity contribution in [3.05, 3.63) is 12.7 Å². The van der Waals surface area contributed by atoms with Gasteiger partial charge in [-0.3, -0.25) is 4.48 Å². The molecule has 0 fully saturated rings. The van der Waals surface area contributed by atoms with E-state index in [0.717, 1.165) is 43.4 Å². The van der Waals surface area contributed by atoms with E-state index < -0.39 is 0 Å². The first-order chi connectivity index (χ1) is 8.10. The van der Waals surface area contributed by atoms with Crippen molar-refractivity contribution >= 4 is 5.97 Å². The average Bonchev–Trinajstić information content (AvgIpc) is 2.35. The van der Waals surface area contributed by atoms with Crippen LogP contribution in [0.3, 0.4) is 0 Å². The third kappa shape index (κ3) is 5.53. The van der Waals surface area contributed by atoms with Gasteiger partial charge in [0.1, 0.15) is 0 Å². The molecule has 0 aliphatic carbocycles. The molecule has 4 heteroatoms.